The predicted molar refractivity (Wildman–Crippen MR) is 73.7 cm³/mol. The van der Waals surface area contributed by atoms with Crippen molar-refractivity contribution in [1.29, 1.82) is 0 Å². The van der Waals surface area contributed by atoms with E-state index in [4.69, 9.17) is 4.74 Å². The Kier molecular flexibility index (Phi) is 6.62. The van der Waals surface area contributed by atoms with E-state index >= 15 is 0 Å². The standard InChI is InChI=1S/C12H19NO2S2/c1-9(2)13-10(12(14)15-3)6-8-17-11-5-4-7-16-11/h4-5,7,9-10,13H,6,8H2,1-3H3. The van der Waals surface area contributed by atoms with Gasteiger partial charge in [0.1, 0.15) is 6.04 Å². The highest BCUT2D eigenvalue weighted by molar-refractivity contribution is 8.01. The van der Waals surface area contributed by atoms with Crippen LogP contribution in [0.2, 0.25) is 0 Å². The van der Waals surface area contributed by atoms with E-state index in [1.165, 1.54) is 11.3 Å². The van der Waals surface area contributed by atoms with Gasteiger partial charge in [0.2, 0.25) is 0 Å². The molecule has 0 aliphatic rings. The highest BCUT2D eigenvalue weighted by Crippen LogP contribution is 2.24. The number of nitrogens with one attached hydrogen (secondary N) is 1. The van der Waals surface area contributed by atoms with E-state index in [-0.39, 0.29) is 18.1 Å². The highest BCUT2D eigenvalue weighted by atomic mass is 32.2. The number of rotatable bonds is 7. The molecule has 0 bridgehead atoms. The lowest BCUT2D eigenvalue weighted by Gasteiger charge is -2.18. The molecule has 3 nitrogen and oxygen atoms in total. The minimum Gasteiger partial charge on any atom is -0.468 e. The van der Waals surface area contributed by atoms with Gasteiger partial charge in [-0.3, -0.25) is 4.79 Å². The molecule has 1 unspecified atom stereocenters. The number of ether oxygens (including phenoxy) is 1. The van der Waals surface area contributed by atoms with E-state index in [1.54, 1.807) is 23.1 Å². The van der Waals surface area contributed by atoms with Crippen LogP contribution in [0.3, 0.4) is 0 Å². The fraction of sp³-hybridized carbons (Fsp3) is 0.583. The van der Waals surface area contributed by atoms with Crippen molar-refractivity contribution < 1.29 is 9.53 Å². The third kappa shape index (κ3) is 5.57. The first-order valence-electron chi connectivity index (χ1n) is 5.63. The second kappa shape index (κ2) is 7.74. The van der Waals surface area contributed by atoms with Crippen LogP contribution in [0.5, 0.6) is 0 Å². The maximum absolute atomic E-state index is 11.5. The third-order valence-electron chi connectivity index (χ3n) is 2.17. The molecular formula is C12H19NO2S2. The summed E-state index contributed by atoms with van der Waals surface area (Å²) < 4.78 is 6.08. The Morgan fingerprint density at radius 3 is 2.88 bits per heavy atom. The first kappa shape index (κ1) is 14.5. The van der Waals surface area contributed by atoms with Gasteiger partial charge in [-0.25, -0.2) is 0 Å². The lowest BCUT2D eigenvalue weighted by molar-refractivity contribution is -0.143. The summed E-state index contributed by atoms with van der Waals surface area (Å²) in [5.74, 6) is 0.741. The Balaban J connectivity index is 2.35. The van der Waals surface area contributed by atoms with Crippen LogP contribution in [0.25, 0.3) is 0 Å². The summed E-state index contributed by atoms with van der Waals surface area (Å²) in [7, 11) is 1.43. The van der Waals surface area contributed by atoms with Crippen LogP contribution in [0.15, 0.2) is 21.7 Å². The molecule has 1 aromatic rings. The van der Waals surface area contributed by atoms with E-state index in [0.29, 0.717) is 0 Å². The van der Waals surface area contributed by atoms with Gasteiger partial charge in [0.15, 0.2) is 0 Å². The molecule has 96 valence electrons. The molecule has 1 heterocycles. The van der Waals surface area contributed by atoms with E-state index in [2.05, 4.69) is 16.8 Å². The normalized spacial score (nSPS) is 12.7. The zero-order valence-electron chi connectivity index (χ0n) is 10.4. The molecule has 1 atom stereocenters. The van der Waals surface area contributed by atoms with Crippen molar-refractivity contribution in [2.75, 3.05) is 12.9 Å². The highest BCUT2D eigenvalue weighted by Gasteiger charge is 2.19. The summed E-state index contributed by atoms with van der Waals surface area (Å²) in [5.41, 5.74) is 0. The number of hydrogen-bond acceptors (Lipinski definition) is 5. The van der Waals surface area contributed by atoms with Gasteiger partial charge in [-0.1, -0.05) is 19.9 Å². The molecule has 0 saturated carbocycles. The largest absolute Gasteiger partial charge is 0.468 e. The molecule has 0 amide bonds. The fourth-order valence-electron chi connectivity index (χ4n) is 1.44. The molecule has 17 heavy (non-hydrogen) atoms. The van der Waals surface area contributed by atoms with Crippen LogP contribution < -0.4 is 5.32 Å². The monoisotopic (exact) mass is 273 g/mol. The van der Waals surface area contributed by atoms with Crippen LogP contribution in [-0.4, -0.2) is 30.9 Å². The molecular weight excluding hydrogens is 254 g/mol. The molecule has 0 saturated heterocycles. The number of hydrogen-bond donors (Lipinski definition) is 1. The van der Waals surface area contributed by atoms with Crippen LogP contribution in [-0.2, 0) is 9.53 Å². The molecule has 0 fully saturated rings. The van der Waals surface area contributed by atoms with Crippen LogP contribution in [0.4, 0.5) is 0 Å². The van der Waals surface area contributed by atoms with Crippen molar-refractivity contribution in [3.63, 3.8) is 0 Å². The van der Waals surface area contributed by atoms with Crippen LogP contribution in [0, 0.1) is 0 Å². The maximum Gasteiger partial charge on any atom is 0.322 e. The van der Waals surface area contributed by atoms with E-state index in [1.807, 2.05) is 19.9 Å². The van der Waals surface area contributed by atoms with Crippen molar-refractivity contribution in [1.82, 2.24) is 5.32 Å². The predicted octanol–water partition coefficient (Wildman–Crippen LogP) is 2.77. The molecule has 1 N–H and O–H groups in total. The number of esters is 1. The molecule has 0 aromatic carbocycles. The summed E-state index contributed by atoms with van der Waals surface area (Å²) in [4.78, 5) is 11.5. The number of carbonyl (C=O) groups excluding carboxylic acids is 1. The number of thiophene rings is 1. The van der Waals surface area contributed by atoms with Crippen molar-refractivity contribution >= 4 is 29.1 Å². The molecule has 0 spiro atoms. The van der Waals surface area contributed by atoms with Gasteiger partial charge in [-0.15, -0.1) is 23.1 Å². The lowest BCUT2D eigenvalue weighted by Crippen LogP contribution is -2.41. The average Bonchev–Trinajstić information content (AvgIpc) is 2.79. The maximum atomic E-state index is 11.5. The molecule has 1 rings (SSSR count). The summed E-state index contributed by atoms with van der Waals surface area (Å²) in [5, 5.41) is 5.29. The number of thioether (sulfide) groups is 1. The molecule has 0 radical (unpaired) electrons. The smallest absolute Gasteiger partial charge is 0.322 e. The van der Waals surface area contributed by atoms with Crippen LogP contribution in [0.1, 0.15) is 20.3 Å². The van der Waals surface area contributed by atoms with Crippen molar-refractivity contribution in [3.8, 4) is 0 Å². The quantitative estimate of drug-likeness (QED) is 0.612. The number of methoxy groups -OCH3 is 1. The van der Waals surface area contributed by atoms with E-state index < -0.39 is 0 Å². The first-order valence-corrected chi connectivity index (χ1v) is 7.50. The van der Waals surface area contributed by atoms with Gasteiger partial charge in [0.25, 0.3) is 0 Å². The molecule has 5 heteroatoms. The lowest BCUT2D eigenvalue weighted by atomic mass is 10.2. The summed E-state index contributed by atoms with van der Waals surface area (Å²) in [6, 6.07) is 4.22. The average molecular weight is 273 g/mol. The van der Waals surface area contributed by atoms with Crippen molar-refractivity contribution in [3.05, 3.63) is 17.5 Å². The zero-order chi connectivity index (χ0) is 12.7. The molecule has 1 aromatic heterocycles. The fourth-order valence-corrected chi connectivity index (χ4v) is 3.30. The van der Waals surface area contributed by atoms with Crippen LogP contribution >= 0.6 is 23.1 Å². The van der Waals surface area contributed by atoms with Gasteiger partial charge in [0.05, 0.1) is 11.3 Å². The van der Waals surface area contributed by atoms with Gasteiger partial charge >= 0.3 is 5.97 Å². The van der Waals surface area contributed by atoms with E-state index in [9.17, 15) is 4.79 Å². The third-order valence-corrected chi connectivity index (χ3v) is 4.33. The Morgan fingerprint density at radius 2 is 2.35 bits per heavy atom. The van der Waals surface area contributed by atoms with Gasteiger partial charge in [0, 0.05) is 11.8 Å². The Hall–Kier alpha value is -0.520. The second-order valence-electron chi connectivity index (χ2n) is 3.97. The Labute approximate surface area is 111 Å². The summed E-state index contributed by atoms with van der Waals surface area (Å²) in [6.45, 7) is 4.06. The Morgan fingerprint density at radius 1 is 1.59 bits per heavy atom. The zero-order valence-corrected chi connectivity index (χ0v) is 12.1. The van der Waals surface area contributed by atoms with E-state index in [0.717, 1.165) is 12.2 Å². The molecule has 0 aliphatic heterocycles. The van der Waals surface area contributed by atoms with Crippen molar-refractivity contribution in [2.45, 2.75) is 36.6 Å². The molecule has 0 aliphatic carbocycles. The SMILES string of the molecule is COC(=O)C(CCSc1cccs1)NC(C)C. The summed E-state index contributed by atoms with van der Waals surface area (Å²) >= 11 is 3.51. The topological polar surface area (TPSA) is 38.3 Å². The van der Waals surface area contributed by atoms with Gasteiger partial charge in [-0.05, 0) is 17.9 Å². The minimum absolute atomic E-state index is 0.175. The first-order chi connectivity index (χ1) is 8.13. The number of carbonyl (C=O) groups is 1. The minimum atomic E-state index is -0.201. The second-order valence-corrected chi connectivity index (χ2v) is 6.31. The van der Waals surface area contributed by atoms with Crippen molar-refractivity contribution in [2.24, 2.45) is 0 Å². The Bertz CT molecular complexity index is 325. The summed E-state index contributed by atoms with van der Waals surface area (Å²) in [6.07, 6.45) is 0.785. The van der Waals surface area contributed by atoms with Gasteiger partial charge < -0.3 is 10.1 Å². The van der Waals surface area contributed by atoms with Gasteiger partial charge in [-0.2, -0.15) is 0 Å².